The van der Waals surface area contributed by atoms with Crippen molar-refractivity contribution >= 4 is 11.7 Å². The van der Waals surface area contributed by atoms with Gasteiger partial charge in [0.2, 0.25) is 5.82 Å². The van der Waals surface area contributed by atoms with Crippen molar-refractivity contribution < 1.29 is 14.3 Å². The number of benzene rings is 2. The molecule has 2 aromatic carbocycles. The molecule has 1 fully saturated rings. The summed E-state index contributed by atoms with van der Waals surface area (Å²) in [7, 11) is 1.74. The predicted octanol–water partition coefficient (Wildman–Crippen LogP) is 4.98. The summed E-state index contributed by atoms with van der Waals surface area (Å²) in [5.41, 5.74) is 8.54. The number of carboxylic acid groups (broad SMARTS) is 1. The van der Waals surface area contributed by atoms with Crippen LogP contribution in [0, 0.1) is 25.6 Å². The number of fused-ring (bicyclic) bond motifs is 1. The summed E-state index contributed by atoms with van der Waals surface area (Å²) in [4.78, 5) is 17.1. The number of rotatable bonds is 6. The Morgan fingerprint density at radius 1 is 1.16 bits per heavy atom. The Bertz CT molecular complexity index is 1510. The molecule has 2 N–H and O–H groups in total. The van der Waals surface area contributed by atoms with Gasteiger partial charge in [0.15, 0.2) is 0 Å². The first-order valence-electron chi connectivity index (χ1n) is 12.4. The van der Waals surface area contributed by atoms with Crippen LogP contribution in [-0.2, 0) is 18.3 Å². The molecule has 8 nitrogen and oxygen atoms in total. The molecule has 188 valence electrons. The molecular formula is C28H27FN6O2. The molecule has 3 atom stereocenters. The summed E-state index contributed by atoms with van der Waals surface area (Å²) in [6.45, 7) is 4.12. The Kier molecular flexibility index (Phi) is 5.51. The van der Waals surface area contributed by atoms with E-state index in [0.717, 1.165) is 57.6 Å². The van der Waals surface area contributed by atoms with Crippen LogP contribution in [-0.4, -0.2) is 36.3 Å². The standard InChI is InChI=1S/C28H27FN6O2/c1-14-10-16(27-32-34-35(3)33-27)11-15(2)25(14)18-5-7-22(29)26-19(18)6-9-24(26)31-17-4-8-23(30-13-17)20-12-21(20)28(36)37/h4-5,7-8,10-11,13,20-21,24,31H,6,9,12H2,1-3H3,(H,36,37)/t20-,21-,24+/m0/s1. The van der Waals surface area contributed by atoms with Gasteiger partial charge in [0.25, 0.3) is 0 Å². The van der Waals surface area contributed by atoms with E-state index in [1.54, 1.807) is 19.3 Å². The van der Waals surface area contributed by atoms with Gasteiger partial charge >= 0.3 is 5.97 Å². The van der Waals surface area contributed by atoms with Crippen molar-refractivity contribution in [2.75, 3.05) is 5.32 Å². The average Bonchev–Trinajstić information content (AvgIpc) is 3.38. The second-order valence-corrected chi connectivity index (χ2v) is 10.1. The summed E-state index contributed by atoms with van der Waals surface area (Å²) < 4.78 is 15.2. The molecular weight excluding hydrogens is 471 g/mol. The highest BCUT2D eigenvalue weighted by Crippen LogP contribution is 2.47. The minimum atomic E-state index is -0.770. The van der Waals surface area contributed by atoms with Gasteiger partial charge in [-0.25, -0.2) is 4.39 Å². The van der Waals surface area contributed by atoms with E-state index in [9.17, 15) is 4.79 Å². The number of carbonyl (C=O) groups is 1. The van der Waals surface area contributed by atoms with Gasteiger partial charge in [0.05, 0.1) is 30.9 Å². The van der Waals surface area contributed by atoms with Crippen LogP contribution in [0.4, 0.5) is 10.1 Å². The number of pyridine rings is 1. The third-order valence-electron chi connectivity index (χ3n) is 7.52. The van der Waals surface area contributed by atoms with E-state index >= 15 is 4.39 Å². The lowest BCUT2D eigenvalue weighted by Gasteiger charge is -2.19. The van der Waals surface area contributed by atoms with Crippen LogP contribution < -0.4 is 5.32 Å². The second kappa shape index (κ2) is 8.76. The molecule has 0 aliphatic heterocycles. The van der Waals surface area contributed by atoms with Crippen LogP contribution in [0.1, 0.15) is 52.7 Å². The fourth-order valence-electron chi connectivity index (χ4n) is 5.72. The first-order chi connectivity index (χ1) is 17.8. The lowest BCUT2D eigenvalue weighted by Crippen LogP contribution is -2.10. The van der Waals surface area contributed by atoms with Gasteiger partial charge in [-0.15, -0.1) is 10.2 Å². The van der Waals surface area contributed by atoms with E-state index in [0.29, 0.717) is 17.8 Å². The molecule has 0 spiro atoms. The number of tetrazole rings is 1. The van der Waals surface area contributed by atoms with Crippen LogP contribution in [0.25, 0.3) is 22.5 Å². The summed E-state index contributed by atoms with van der Waals surface area (Å²) in [5, 5.41) is 25.0. The number of aromatic nitrogens is 5. The van der Waals surface area contributed by atoms with E-state index < -0.39 is 5.97 Å². The molecule has 0 unspecified atom stereocenters. The highest BCUT2D eigenvalue weighted by atomic mass is 19.1. The number of carboxylic acids is 1. The first kappa shape index (κ1) is 23.3. The number of aliphatic carboxylic acids is 1. The van der Waals surface area contributed by atoms with Gasteiger partial charge < -0.3 is 10.4 Å². The zero-order valence-electron chi connectivity index (χ0n) is 20.9. The van der Waals surface area contributed by atoms with Gasteiger partial charge in [-0.2, -0.15) is 4.80 Å². The number of aryl methyl sites for hydroxylation is 3. The number of hydrogen-bond donors (Lipinski definition) is 2. The molecule has 2 aliphatic carbocycles. The maximum Gasteiger partial charge on any atom is 0.307 e. The lowest BCUT2D eigenvalue weighted by atomic mass is 9.89. The normalized spacial score (nSPS) is 20.1. The van der Waals surface area contributed by atoms with Crippen LogP contribution in [0.15, 0.2) is 42.6 Å². The van der Waals surface area contributed by atoms with Crippen molar-refractivity contribution in [2.45, 2.75) is 45.1 Å². The largest absolute Gasteiger partial charge is 0.481 e. The van der Waals surface area contributed by atoms with E-state index in [4.69, 9.17) is 5.11 Å². The molecule has 2 aliphatic rings. The molecule has 2 heterocycles. The molecule has 0 radical (unpaired) electrons. The van der Waals surface area contributed by atoms with Gasteiger partial charge in [0.1, 0.15) is 5.82 Å². The fraction of sp³-hybridized carbons (Fsp3) is 0.321. The fourth-order valence-corrected chi connectivity index (χ4v) is 5.72. The Morgan fingerprint density at radius 2 is 1.95 bits per heavy atom. The topological polar surface area (TPSA) is 106 Å². The van der Waals surface area contributed by atoms with Gasteiger partial charge in [-0.1, -0.05) is 6.07 Å². The number of halogens is 1. The zero-order chi connectivity index (χ0) is 25.8. The molecule has 2 aromatic heterocycles. The summed E-state index contributed by atoms with van der Waals surface area (Å²) in [6, 6.07) is 11.2. The van der Waals surface area contributed by atoms with Crippen molar-refractivity contribution in [3.8, 4) is 22.5 Å². The van der Waals surface area contributed by atoms with E-state index in [1.165, 1.54) is 4.80 Å². The van der Waals surface area contributed by atoms with Crippen molar-refractivity contribution in [3.05, 3.63) is 76.4 Å². The molecule has 0 bridgehead atoms. The molecule has 37 heavy (non-hydrogen) atoms. The van der Waals surface area contributed by atoms with Crippen LogP contribution in [0.2, 0.25) is 0 Å². The van der Waals surface area contributed by atoms with Crippen molar-refractivity contribution in [3.63, 3.8) is 0 Å². The lowest BCUT2D eigenvalue weighted by molar-refractivity contribution is -0.138. The monoisotopic (exact) mass is 498 g/mol. The van der Waals surface area contributed by atoms with Gasteiger partial charge in [-0.3, -0.25) is 9.78 Å². The number of anilines is 1. The van der Waals surface area contributed by atoms with E-state index in [1.807, 2.05) is 18.2 Å². The van der Waals surface area contributed by atoms with Crippen LogP contribution >= 0.6 is 0 Å². The Morgan fingerprint density at radius 3 is 2.57 bits per heavy atom. The van der Waals surface area contributed by atoms with E-state index in [-0.39, 0.29) is 23.7 Å². The maximum absolute atomic E-state index is 15.2. The highest BCUT2D eigenvalue weighted by Gasteiger charge is 2.45. The first-order valence-corrected chi connectivity index (χ1v) is 12.4. The SMILES string of the molecule is Cc1cc(-c2nnn(C)n2)cc(C)c1-c1ccc(F)c2c1CC[C@H]2Nc1ccc([C@H]2C[C@@H]2C(=O)O)nc1. The Balaban J connectivity index is 1.29. The molecule has 6 rings (SSSR count). The summed E-state index contributed by atoms with van der Waals surface area (Å²) in [6.07, 6.45) is 3.89. The highest BCUT2D eigenvalue weighted by molar-refractivity contribution is 5.79. The smallest absolute Gasteiger partial charge is 0.307 e. The van der Waals surface area contributed by atoms with Crippen LogP contribution in [0.3, 0.4) is 0 Å². The second-order valence-electron chi connectivity index (χ2n) is 10.1. The van der Waals surface area contributed by atoms with Crippen molar-refractivity contribution in [1.29, 1.82) is 0 Å². The van der Waals surface area contributed by atoms with Crippen molar-refractivity contribution in [2.24, 2.45) is 13.0 Å². The quantitative estimate of drug-likeness (QED) is 0.386. The predicted molar refractivity (Wildman–Crippen MR) is 137 cm³/mol. The van der Waals surface area contributed by atoms with Gasteiger partial charge in [0, 0.05) is 22.7 Å². The van der Waals surface area contributed by atoms with E-state index in [2.05, 4.69) is 51.7 Å². The Labute approximate surface area is 213 Å². The molecule has 0 saturated heterocycles. The molecule has 1 saturated carbocycles. The number of nitrogens with zero attached hydrogens (tertiary/aromatic N) is 5. The minimum absolute atomic E-state index is 0.0126. The maximum atomic E-state index is 15.2. The summed E-state index contributed by atoms with van der Waals surface area (Å²) in [5.74, 6) is -0.752. The third kappa shape index (κ3) is 4.14. The average molecular weight is 499 g/mol. The molecule has 4 aromatic rings. The number of hydrogen-bond acceptors (Lipinski definition) is 6. The third-order valence-corrected chi connectivity index (χ3v) is 7.52. The van der Waals surface area contributed by atoms with Crippen molar-refractivity contribution in [1.82, 2.24) is 25.2 Å². The minimum Gasteiger partial charge on any atom is -0.481 e. The molecule has 9 heteroatoms. The number of nitrogens with one attached hydrogen (secondary N) is 1. The molecule has 0 amide bonds. The van der Waals surface area contributed by atoms with Gasteiger partial charge in [-0.05, 0) is 96.5 Å². The zero-order valence-corrected chi connectivity index (χ0v) is 20.9. The van der Waals surface area contributed by atoms with Crippen LogP contribution in [0.5, 0.6) is 0 Å². The Hall–Kier alpha value is -4.14. The summed E-state index contributed by atoms with van der Waals surface area (Å²) >= 11 is 0.